The lowest BCUT2D eigenvalue weighted by Crippen LogP contribution is -2.29. The lowest BCUT2D eigenvalue weighted by Gasteiger charge is -2.16. The fourth-order valence-electron chi connectivity index (χ4n) is 2.46. The van der Waals surface area contributed by atoms with Crippen LogP contribution in [-0.4, -0.2) is 35.5 Å². The number of para-hydroxylation sites is 1. The van der Waals surface area contributed by atoms with Gasteiger partial charge < -0.3 is 14.8 Å². The number of hydrogen-bond donors (Lipinski definition) is 1. The van der Waals surface area contributed by atoms with Crippen molar-refractivity contribution in [2.75, 3.05) is 20.1 Å². The fraction of sp³-hybridized carbons (Fsp3) is 0.471. The topological polar surface area (TPSA) is 37.3 Å². The Morgan fingerprint density at radius 2 is 2.10 bits per heavy atom. The Labute approximate surface area is 126 Å². The first-order chi connectivity index (χ1) is 10.2. The maximum absolute atomic E-state index is 12.1. The molecule has 2 aromatic rings. The van der Waals surface area contributed by atoms with E-state index in [1.807, 2.05) is 20.2 Å². The molecule has 0 spiro atoms. The van der Waals surface area contributed by atoms with Crippen LogP contribution in [0.2, 0.25) is 0 Å². The Morgan fingerprint density at radius 1 is 1.29 bits per heavy atom. The fourth-order valence-corrected chi connectivity index (χ4v) is 2.46. The summed E-state index contributed by atoms with van der Waals surface area (Å²) in [4.78, 5) is 13.9. The minimum atomic E-state index is 0.145. The highest BCUT2D eigenvalue weighted by Gasteiger charge is 2.11. The van der Waals surface area contributed by atoms with Crippen LogP contribution in [0.1, 0.15) is 25.8 Å². The highest BCUT2D eigenvalue weighted by atomic mass is 16.2. The third kappa shape index (κ3) is 3.64. The molecule has 1 heterocycles. The van der Waals surface area contributed by atoms with Crippen LogP contribution in [0.4, 0.5) is 0 Å². The number of benzene rings is 1. The molecule has 1 aromatic carbocycles. The number of likely N-dealkylation sites (N-methyl/N-ethyl adjacent to an activating group) is 1. The summed E-state index contributed by atoms with van der Waals surface area (Å²) >= 11 is 0. The number of amides is 1. The SMILES string of the molecule is CCCNCc1cccc2ccn(CC(=O)N(C)CC)c12. The van der Waals surface area contributed by atoms with Crippen molar-refractivity contribution < 1.29 is 4.79 Å². The van der Waals surface area contributed by atoms with Crippen molar-refractivity contribution in [3.63, 3.8) is 0 Å². The van der Waals surface area contributed by atoms with Crippen LogP contribution >= 0.6 is 0 Å². The summed E-state index contributed by atoms with van der Waals surface area (Å²) in [6.45, 7) is 7.14. The van der Waals surface area contributed by atoms with Crippen LogP contribution in [0.3, 0.4) is 0 Å². The van der Waals surface area contributed by atoms with Crippen LogP contribution in [-0.2, 0) is 17.9 Å². The summed E-state index contributed by atoms with van der Waals surface area (Å²) in [6.07, 6.45) is 3.13. The van der Waals surface area contributed by atoms with Gasteiger partial charge in [-0.15, -0.1) is 0 Å². The average molecular weight is 287 g/mol. The van der Waals surface area contributed by atoms with E-state index in [4.69, 9.17) is 0 Å². The zero-order valence-corrected chi connectivity index (χ0v) is 13.2. The van der Waals surface area contributed by atoms with Gasteiger partial charge in [-0.25, -0.2) is 0 Å². The van der Waals surface area contributed by atoms with Crippen molar-refractivity contribution in [2.24, 2.45) is 0 Å². The van der Waals surface area contributed by atoms with E-state index in [-0.39, 0.29) is 5.91 Å². The predicted octanol–water partition coefficient (Wildman–Crippen LogP) is 2.62. The second kappa shape index (κ2) is 7.27. The maximum atomic E-state index is 12.1. The van der Waals surface area contributed by atoms with Gasteiger partial charge in [0.15, 0.2) is 0 Å². The molecular formula is C17H25N3O. The van der Waals surface area contributed by atoms with Crippen LogP contribution < -0.4 is 5.32 Å². The molecule has 4 heteroatoms. The largest absolute Gasteiger partial charge is 0.344 e. The van der Waals surface area contributed by atoms with E-state index in [1.54, 1.807) is 4.90 Å². The van der Waals surface area contributed by atoms with Gasteiger partial charge in [0.2, 0.25) is 5.91 Å². The van der Waals surface area contributed by atoms with Crippen molar-refractivity contribution in [1.82, 2.24) is 14.8 Å². The number of aromatic nitrogens is 1. The molecule has 0 radical (unpaired) electrons. The number of nitrogens with one attached hydrogen (secondary N) is 1. The molecule has 0 bridgehead atoms. The molecule has 0 aliphatic carbocycles. The first-order valence-corrected chi connectivity index (χ1v) is 7.68. The number of fused-ring (bicyclic) bond motifs is 1. The number of nitrogens with zero attached hydrogens (tertiary/aromatic N) is 2. The minimum Gasteiger partial charge on any atom is -0.344 e. The lowest BCUT2D eigenvalue weighted by atomic mass is 10.1. The van der Waals surface area contributed by atoms with Crippen LogP contribution in [0.15, 0.2) is 30.5 Å². The van der Waals surface area contributed by atoms with Gasteiger partial charge in [0.05, 0.1) is 5.52 Å². The van der Waals surface area contributed by atoms with Crippen LogP contribution in [0.25, 0.3) is 10.9 Å². The van der Waals surface area contributed by atoms with Gasteiger partial charge in [0.1, 0.15) is 6.54 Å². The summed E-state index contributed by atoms with van der Waals surface area (Å²) in [7, 11) is 1.84. The normalized spacial score (nSPS) is 11.0. The van der Waals surface area contributed by atoms with Gasteiger partial charge in [-0.3, -0.25) is 4.79 Å². The molecule has 4 nitrogen and oxygen atoms in total. The van der Waals surface area contributed by atoms with Crippen molar-refractivity contribution >= 4 is 16.8 Å². The summed E-state index contributed by atoms with van der Waals surface area (Å²) in [6, 6.07) is 8.40. The highest BCUT2D eigenvalue weighted by molar-refractivity contribution is 5.85. The van der Waals surface area contributed by atoms with Crippen molar-refractivity contribution in [2.45, 2.75) is 33.4 Å². The van der Waals surface area contributed by atoms with Crippen LogP contribution in [0.5, 0.6) is 0 Å². The van der Waals surface area contributed by atoms with Gasteiger partial charge >= 0.3 is 0 Å². The highest BCUT2D eigenvalue weighted by Crippen LogP contribution is 2.20. The van der Waals surface area contributed by atoms with E-state index in [1.165, 1.54) is 16.5 Å². The molecule has 0 atom stereocenters. The Kier molecular flexibility index (Phi) is 5.39. The average Bonchev–Trinajstić information content (AvgIpc) is 2.90. The van der Waals surface area contributed by atoms with Crippen molar-refractivity contribution in [3.8, 4) is 0 Å². The van der Waals surface area contributed by atoms with E-state index in [0.29, 0.717) is 6.54 Å². The molecule has 1 amide bonds. The molecular weight excluding hydrogens is 262 g/mol. The molecule has 0 fully saturated rings. The van der Waals surface area contributed by atoms with Crippen LogP contribution in [0, 0.1) is 0 Å². The van der Waals surface area contributed by atoms with E-state index < -0.39 is 0 Å². The molecule has 0 saturated heterocycles. The monoisotopic (exact) mass is 287 g/mol. The number of carbonyl (C=O) groups is 1. The third-order valence-electron chi connectivity index (χ3n) is 3.82. The van der Waals surface area contributed by atoms with E-state index in [9.17, 15) is 4.79 Å². The van der Waals surface area contributed by atoms with Crippen molar-refractivity contribution in [3.05, 3.63) is 36.0 Å². The van der Waals surface area contributed by atoms with E-state index >= 15 is 0 Å². The van der Waals surface area contributed by atoms with Gasteiger partial charge in [-0.1, -0.05) is 25.1 Å². The van der Waals surface area contributed by atoms with Gasteiger partial charge in [-0.05, 0) is 36.9 Å². The second-order valence-electron chi connectivity index (χ2n) is 5.38. The molecule has 114 valence electrons. The first kappa shape index (κ1) is 15.6. The first-order valence-electron chi connectivity index (χ1n) is 7.68. The predicted molar refractivity (Wildman–Crippen MR) is 87.2 cm³/mol. The number of rotatable bonds is 7. The van der Waals surface area contributed by atoms with E-state index in [0.717, 1.165) is 26.1 Å². The van der Waals surface area contributed by atoms with Gasteiger partial charge in [-0.2, -0.15) is 0 Å². The standard InChI is InChI=1S/C17H25N3O/c1-4-10-18-12-15-8-6-7-14-9-11-20(17(14)15)13-16(21)19(3)5-2/h6-9,11,18H,4-5,10,12-13H2,1-3H3. The smallest absolute Gasteiger partial charge is 0.242 e. The van der Waals surface area contributed by atoms with E-state index in [2.05, 4.69) is 41.1 Å². The van der Waals surface area contributed by atoms with Gasteiger partial charge in [0, 0.05) is 26.3 Å². The maximum Gasteiger partial charge on any atom is 0.242 e. The summed E-state index contributed by atoms with van der Waals surface area (Å²) in [5.74, 6) is 0.145. The zero-order chi connectivity index (χ0) is 15.2. The molecule has 0 saturated carbocycles. The quantitative estimate of drug-likeness (QED) is 0.795. The Morgan fingerprint density at radius 3 is 2.81 bits per heavy atom. The lowest BCUT2D eigenvalue weighted by molar-refractivity contribution is -0.130. The zero-order valence-electron chi connectivity index (χ0n) is 13.2. The molecule has 2 rings (SSSR count). The molecule has 0 aliphatic heterocycles. The minimum absolute atomic E-state index is 0.145. The number of carbonyl (C=O) groups excluding carboxylic acids is 1. The summed E-state index contributed by atoms with van der Waals surface area (Å²) in [5, 5.41) is 4.63. The third-order valence-corrected chi connectivity index (χ3v) is 3.82. The van der Waals surface area contributed by atoms with Crippen molar-refractivity contribution in [1.29, 1.82) is 0 Å². The van der Waals surface area contributed by atoms with Gasteiger partial charge in [0.25, 0.3) is 0 Å². The molecule has 0 aliphatic rings. The summed E-state index contributed by atoms with van der Waals surface area (Å²) in [5.41, 5.74) is 2.41. The molecule has 21 heavy (non-hydrogen) atoms. The molecule has 1 aromatic heterocycles. The Hall–Kier alpha value is -1.81. The Bertz CT molecular complexity index is 603. The Balaban J connectivity index is 2.25. The molecule has 0 unspecified atom stereocenters. The second-order valence-corrected chi connectivity index (χ2v) is 5.38. The summed E-state index contributed by atoms with van der Waals surface area (Å²) < 4.78 is 2.06. The number of hydrogen-bond acceptors (Lipinski definition) is 2. The molecule has 1 N–H and O–H groups in total.